The van der Waals surface area contributed by atoms with E-state index in [2.05, 4.69) is 42.2 Å². The SMILES string of the molecule is CC.CCC(c1ccccc1)N1CCOCC1. The van der Waals surface area contributed by atoms with Crippen LogP contribution < -0.4 is 0 Å². The Hall–Kier alpha value is -0.860. The van der Waals surface area contributed by atoms with Crippen molar-refractivity contribution < 1.29 is 4.74 Å². The van der Waals surface area contributed by atoms with E-state index in [1.54, 1.807) is 0 Å². The summed E-state index contributed by atoms with van der Waals surface area (Å²) in [5.41, 5.74) is 1.43. The molecular weight excluding hydrogens is 210 g/mol. The van der Waals surface area contributed by atoms with Crippen LogP contribution >= 0.6 is 0 Å². The molecule has 17 heavy (non-hydrogen) atoms. The van der Waals surface area contributed by atoms with Crippen LogP contribution in [-0.2, 0) is 4.74 Å². The summed E-state index contributed by atoms with van der Waals surface area (Å²) in [5.74, 6) is 0. The van der Waals surface area contributed by atoms with E-state index in [-0.39, 0.29) is 0 Å². The van der Waals surface area contributed by atoms with Crippen LogP contribution in [0.3, 0.4) is 0 Å². The van der Waals surface area contributed by atoms with Crippen LogP contribution in [0.25, 0.3) is 0 Å². The van der Waals surface area contributed by atoms with Crippen molar-refractivity contribution in [2.24, 2.45) is 0 Å². The molecule has 1 aromatic carbocycles. The molecule has 0 N–H and O–H groups in total. The molecule has 1 atom stereocenters. The van der Waals surface area contributed by atoms with Gasteiger partial charge in [0.25, 0.3) is 0 Å². The van der Waals surface area contributed by atoms with Gasteiger partial charge in [0.1, 0.15) is 0 Å². The topological polar surface area (TPSA) is 12.5 Å². The normalized spacial score (nSPS) is 18.1. The molecule has 1 aliphatic heterocycles. The molecule has 2 rings (SSSR count). The maximum absolute atomic E-state index is 5.39. The quantitative estimate of drug-likeness (QED) is 0.795. The molecule has 0 aliphatic carbocycles. The highest BCUT2D eigenvalue weighted by atomic mass is 16.5. The Morgan fingerprint density at radius 1 is 1.12 bits per heavy atom. The van der Waals surface area contributed by atoms with Gasteiger partial charge >= 0.3 is 0 Å². The minimum Gasteiger partial charge on any atom is -0.379 e. The minimum absolute atomic E-state index is 0.565. The van der Waals surface area contributed by atoms with Crippen molar-refractivity contribution in [2.45, 2.75) is 33.2 Å². The Labute approximate surface area is 106 Å². The molecule has 0 radical (unpaired) electrons. The second-order valence-corrected chi connectivity index (χ2v) is 3.98. The Balaban J connectivity index is 0.000000686. The number of rotatable bonds is 3. The van der Waals surface area contributed by atoms with Crippen LogP contribution in [0.15, 0.2) is 30.3 Å². The van der Waals surface area contributed by atoms with E-state index in [0.29, 0.717) is 6.04 Å². The van der Waals surface area contributed by atoms with Gasteiger partial charge in [0.2, 0.25) is 0 Å². The first-order valence-corrected chi connectivity index (χ1v) is 6.78. The Morgan fingerprint density at radius 2 is 1.71 bits per heavy atom. The van der Waals surface area contributed by atoms with Crippen molar-refractivity contribution in [3.63, 3.8) is 0 Å². The average molecular weight is 235 g/mol. The summed E-state index contributed by atoms with van der Waals surface area (Å²) in [4.78, 5) is 2.53. The smallest absolute Gasteiger partial charge is 0.0594 e. The molecule has 1 fully saturated rings. The van der Waals surface area contributed by atoms with Crippen LogP contribution in [-0.4, -0.2) is 31.2 Å². The largest absolute Gasteiger partial charge is 0.379 e. The van der Waals surface area contributed by atoms with Crippen molar-refractivity contribution in [2.75, 3.05) is 26.3 Å². The molecule has 1 unspecified atom stereocenters. The van der Waals surface area contributed by atoms with E-state index in [1.807, 2.05) is 13.8 Å². The summed E-state index contributed by atoms with van der Waals surface area (Å²) in [6.07, 6.45) is 1.17. The standard InChI is InChI=1S/C13H19NO.C2H6/c1-2-13(12-6-4-3-5-7-12)14-8-10-15-11-9-14;1-2/h3-7,13H,2,8-11H2,1H3;1-2H3. The van der Waals surface area contributed by atoms with E-state index < -0.39 is 0 Å². The second-order valence-electron chi connectivity index (χ2n) is 3.98. The number of ether oxygens (including phenoxy) is 1. The molecule has 0 amide bonds. The predicted molar refractivity (Wildman–Crippen MR) is 73.2 cm³/mol. The van der Waals surface area contributed by atoms with E-state index in [0.717, 1.165) is 26.3 Å². The molecule has 1 aliphatic rings. The molecule has 0 saturated carbocycles. The van der Waals surface area contributed by atoms with Crippen LogP contribution in [0.2, 0.25) is 0 Å². The summed E-state index contributed by atoms with van der Waals surface area (Å²) in [7, 11) is 0. The fourth-order valence-electron chi connectivity index (χ4n) is 2.27. The van der Waals surface area contributed by atoms with Gasteiger partial charge in [0, 0.05) is 19.1 Å². The summed E-state index contributed by atoms with van der Waals surface area (Å²) in [5, 5.41) is 0. The van der Waals surface area contributed by atoms with Crippen LogP contribution in [0.5, 0.6) is 0 Å². The maximum Gasteiger partial charge on any atom is 0.0594 e. The monoisotopic (exact) mass is 235 g/mol. The molecule has 1 saturated heterocycles. The zero-order valence-corrected chi connectivity index (χ0v) is 11.4. The summed E-state index contributed by atoms with van der Waals surface area (Å²) in [6.45, 7) is 10.1. The fourth-order valence-corrected chi connectivity index (χ4v) is 2.27. The molecule has 1 heterocycles. The maximum atomic E-state index is 5.39. The van der Waals surface area contributed by atoms with Gasteiger partial charge in [-0.25, -0.2) is 0 Å². The number of benzene rings is 1. The van der Waals surface area contributed by atoms with Gasteiger partial charge in [-0.2, -0.15) is 0 Å². The highest BCUT2D eigenvalue weighted by Crippen LogP contribution is 2.24. The Bertz CT molecular complexity index is 280. The number of hydrogen-bond acceptors (Lipinski definition) is 2. The lowest BCUT2D eigenvalue weighted by Crippen LogP contribution is -2.38. The van der Waals surface area contributed by atoms with Gasteiger partial charge in [-0.15, -0.1) is 0 Å². The molecule has 1 aromatic rings. The highest BCUT2D eigenvalue weighted by molar-refractivity contribution is 5.19. The molecule has 96 valence electrons. The zero-order valence-electron chi connectivity index (χ0n) is 11.4. The van der Waals surface area contributed by atoms with E-state index in [4.69, 9.17) is 4.74 Å². The third-order valence-corrected chi connectivity index (χ3v) is 3.06. The molecule has 0 spiro atoms. The minimum atomic E-state index is 0.565. The summed E-state index contributed by atoms with van der Waals surface area (Å²) in [6, 6.07) is 11.3. The molecule has 2 nitrogen and oxygen atoms in total. The lowest BCUT2D eigenvalue weighted by Gasteiger charge is -2.34. The van der Waals surface area contributed by atoms with Crippen molar-refractivity contribution in [1.82, 2.24) is 4.90 Å². The van der Waals surface area contributed by atoms with E-state index in [9.17, 15) is 0 Å². The van der Waals surface area contributed by atoms with E-state index >= 15 is 0 Å². The van der Waals surface area contributed by atoms with E-state index in [1.165, 1.54) is 12.0 Å². The zero-order chi connectivity index (χ0) is 12.5. The van der Waals surface area contributed by atoms with Crippen molar-refractivity contribution in [3.8, 4) is 0 Å². The molecule has 2 heteroatoms. The molecule has 0 bridgehead atoms. The van der Waals surface area contributed by atoms with Crippen LogP contribution in [0.4, 0.5) is 0 Å². The van der Waals surface area contributed by atoms with Crippen LogP contribution in [0.1, 0.15) is 38.8 Å². The van der Waals surface area contributed by atoms with Gasteiger partial charge in [-0.3, -0.25) is 4.90 Å². The fraction of sp³-hybridized carbons (Fsp3) is 0.600. The molecular formula is C15H25NO. The number of nitrogens with zero attached hydrogens (tertiary/aromatic N) is 1. The summed E-state index contributed by atoms with van der Waals surface area (Å²) >= 11 is 0. The first-order valence-electron chi connectivity index (χ1n) is 6.78. The number of hydrogen-bond donors (Lipinski definition) is 0. The Morgan fingerprint density at radius 3 is 2.24 bits per heavy atom. The lowest BCUT2D eigenvalue weighted by atomic mass is 10.0. The van der Waals surface area contributed by atoms with Gasteiger partial charge in [-0.1, -0.05) is 51.1 Å². The predicted octanol–water partition coefficient (Wildman–Crippen LogP) is 3.50. The van der Waals surface area contributed by atoms with Gasteiger partial charge in [0.15, 0.2) is 0 Å². The second kappa shape index (κ2) is 8.26. The third-order valence-electron chi connectivity index (χ3n) is 3.06. The highest BCUT2D eigenvalue weighted by Gasteiger charge is 2.20. The van der Waals surface area contributed by atoms with Crippen LogP contribution in [0, 0.1) is 0 Å². The number of morpholine rings is 1. The first-order chi connectivity index (χ1) is 8.42. The first kappa shape index (κ1) is 14.2. The van der Waals surface area contributed by atoms with Gasteiger partial charge in [-0.05, 0) is 12.0 Å². The molecule has 0 aromatic heterocycles. The average Bonchev–Trinajstić information content (AvgIpc) is 2.44. The van der Waals surface area contributed by atoms with Gasteiger partial charge in [0.05, 0.1) is 13.2 Å². The lowest BCUT2D eigenvalue weighted by molar-refractivity contribution is 0.0152. The van der Waals surface area contributed by atoms with Crippen molar-refractivity contribution in [1.29, 1.82) is 0 Å². The third kappa shape index (κ3) is 4.14. The van der Waals surface area contributed by atoms with Crippen molar-refractivity contribution >= 4 is 0 Å². The Kier molecular flexibility index (Phi) is 6.90. The summed E-state index contributed by atoms with van der Waals surface area (Å²) < 4.78 is 5.39. The van der Waals surface area contributed by atoms with Crippen molar-refractivity contribution in [3.05, 3.63) is 35.9 Å². The van der Waals surface area contributed by atoms with Gasteiger partial charge < -0.3 is 4.74 Å².